The predicted molar refractivity (Wildman–Crippen MR) is 118 cm³/mol. The second-order valence-corrected chi connectivity index (χ2v) is 11.9. The first-order valence-electron chi connectivity index (χ1n) is 12.4. The van der Waals surface area contributed by atoms with E-state index < -0.39 is 0 Å². The summed E-state index contributed by atoms with van der Waals surface area (Å²) in [6, 6.07) is 7.52. The average molecular weight is 423 g/mol. The fraction of sp³-hybridized carbons (Fsp3) is 0.731. The van der Waals surface area contributed by atoms with E-state index in [9.17, 15) is 14.9 Å². The Labute approximate surface area is 184 Å². The van der Waals surface area contributed by atoms with Crippen LogP contribution in [0.25, 0.3) is 0 Å². The molecule has 6 fully saturated rings. The van der Waals surface area contributed by atoms with E-state index in [-0.39, 0.29) is 27.5 Å². The van der Waals surface area contributed by atoms with Crippen LogP contribution < -0.4 is 5.32 Å². The molecule has 5 nitrogen and oxygen atoms in total. The molecule has 5 heteroatoms. The lowest BCUT2D eigenvalue weighted by molar-refractivity contribution is -0.384. The Balaban J connectivity index is 1.24. The lowest BCUT2D eigenvalue weighted by Crippen LogP contribution is -2.60. The molecular formula is C26H34N2O3. The summed E-state index contributed by atoms with van der Waals surface area (Å²) in [7, 11) is 0. The predicted octanol–water partition coefficient (Wildman–Crippen LogP) is 5.37. The minimum Gasteiger partial charge on any atom is -0.353 e. The van der Waals surface area contributed by atoms with Crippen molar-refractivity contribution >= 4 is 11.6 Å². The number of nitrogens with one attached hydrogen (secondary N) is 1. The van der Waals surface area contributed by atoms with Crippen LogP contribution in [0.1, 0.15) is 76.7 Å². The van der Waals surface area contributed by atoms with Crippen molar-refractivity contribution in [2.45, 2.75) is 82.6 Å². The van der Waals surface area contributed by atoms with E-state index in [1.54, 1.807) is 12.1 Å². The van der Waals surface area contributed by atoms with Gasteiger partial charge in [0.2, 0.25) is 5.91 Å². The minimum absolute atomic E-state index is 0.0201. The Kier molecular flexibility index (Phi) is 4.33. The quantitative estimate of drug-likeness (QED) is 0.512. The average Bonchev–Trinajstić information content (AvgIpc) is 3.36. The van der Waals surface area contributed by atoms with Gasteiger partial charge in [-0.15, -0.1) is 0 Å². The van der Waals surface area contributed by atoms with Crippen LogP contribution in [0.15, 0.2) is 24.3 Å². The van der Waals surface area contributed by atoms with Crippen molar-refractivity contribution in [3.8, 4) is 0 Å². The maximum Gasteiger partial charge on any atom is 0.269 e. The smallest absolute Gasteiger partial charge is 0.269 e. The Morgan fingerprint density at radius 2 is 1.74 bits per heavy atom. The number of fused-ring (bicyclic) bond motifs is 2. The van der Waals surface area contributed by atoms with Crippen molar-refractivity contribution in [3.63, 3.8) is 0 Å². The van der Waals surface area contributed by atoms with E-state index in [2.05, 4.69) is 12.2 Å². The van der Waals surface area contributed by atoms with Crippen molar-refractivity contribution in [1.29, 1.82) is 0 Å². The van der Waals surface area contributed by atoms with Crippen LogP contribution in [0.5, 0.6) is 0 Å². The van der Waals surface area contributed by atoms with Crippen molar-refractivity contribution in [2.75, 3.05) is 0 Å². The first kappa shape index (κ1) is 19.8. The third kappa shape index (κ3) is 3.06. The van der Waals surface area contributed by atoms with Crippen molar-refractivity contribution in [1.82, 2.24) is 5.32 Å². The Hall–Kier alpha value is -1.91. The van der Waals surface area contributed by atoms with Gasteiger partial charge in [0.1, 0.15) is 0 Å². The number of amides is 1. The van der Waals surface area contributed by atoms with Gasteiger partial charge in [-0.1, -0.05) is 18.6 Å². The molecule has 7 rings (SSSR count). The van der Waals surface area contributed by atoms with Crippen molar-refractivity contribution < 1.29 is 9.72 Å². The summed E-state index contributed by atoms with van der Waals surface area (Å²) in [5.74, 6) is 3.92. The minimum atomic E-state index is -0.324. The van der Waals surface area contributed by atoms with Gasteiger partial charge in [-0.2, -0.15) is 0 Å². The third-order valence-corrected chi connectivity index (χ3v) is 10.0. The van der Waals surface area contributed by atoms with Gasteiger partial charge < -0.3 is 5.32 Å². The second-order valence-electron chi connectivity index (χ2n) is 11.9. The van der Waals surface area contributed by atoms with E-state index in [0.717, 1.165) is 43.9 Å². The molecule has 1 aromatic carbocycles. The number of benzene rings is 1. The van der Waals surface area contributed by atoms with Gasteiger partial charge in [-0.3, -0.25) is 14.9 Å². The highest BCUT2D eigenvalue weighted by molar-refractivity contribution is 5.84. The number of carbonyl (C=O) groups excluding carboxylic acids is 1. The van der Waals surface area contributed by atoms with Crippen LogP contribution in [0, 0.1) is 45.1 Å². The number of rotatable bonds is 5. The molecule has 1 aromatic rings. The van der Waals surface area contributed by atoms with Crippen LogP contribution >= 0.6 is 0 Å². The molecule has 0 aliphatic heterocycles. The highest BCUT2D eigenvalue weighted by atomic mass is 16.6. The van der Waals surface area contributed by atoms with E-state index >= 15 is 0 Å². The van der Waals surface area contributed by atoms with Crippen LogP contribution in [0.4, 0.5) is 5.69 Å². The van der Waals surface area contributed by atoms with Gasteiger partial charge in [-0.25, -0.2) is 0 Å². The molecule has 1 N–H and O–H groups in total. The number of nitro benzene ring substituents is 1. The molecule has 31 heavy (non-hydrogen) atoms. The van der Waals surface area contributed by atoms with E-state index in [1.165, 1.54) is 37.7 Å². The molecule has 6 aliphatic carbocycles. The van der Waals surface area contributed by atoms with E-state index in [4.69, 9.17) is 0 Å². The molecule has 6 saturated carbocycles. The van der Waals surface area contributed by atoms with E-state index in [0.29, 0.717) is 23.7 Å². The highest BCUT2D eigenvalue weighted by Crippen LogP contribution is 2.66. The number of nitrogens with zero attached hydrogens (tertiary/aromatic N) is 1. The van der Waals surface area contributed by atoms with Crippen LogP contribution in [0.2, 0.25) is 0 Å². The normalized spacial score (nSPS) is 43.2. The zero-order valence-electron chi connectivity index (χ0n) is 18.5. The summed E-state index contributed by atoms with van der Waals surface area (Å²) in [4.78, 5) is 24.6. The Morgan fingerprint density at radius 1 is 1.03 bits per heavy atom. The summed E-state index contributed by atoms with van der Waals surface area (Å²) >= 11 is 0. The van der Waals surface area contributed by atoms with Crippen LogP contribution in [0.3, 0.4) is 0 Å². The topological polar surface area (TPSA) is 72.2 Å². The largest absolute Gasteiger partial charge is 0.353 e. The van der Waals surface area contributed by atoms with Crippen molar-refractivity contribution in [3.05, 3.63) is 39.9 Å². The van der Waals surface area contributed by atoms with Gasteiger partial charge in [0.05, 0.1) is 10.3 Å². The molecule has 0 heterocycles. The number of hydrogen-bond acceptors (Lipinski definition) is 3. The third-order valence-electron chi connectivity index (χ3n) is 10.0. The molecule has 0 saturated heterocycles. The first-order valence-corrected chi connectivity index (χ1v) is 12.4. The lowest BCUT2D eigenvalue weighted by atomic mass is 9.42. The molecule has 1 amide bonds. The molecular weight excluding hydrogens is 388 g/mol. The summed E-state index contributed by atoms with van der Waals surface area (Å²) in [6.07, 6.45) is 11.9. The SMILES string of the molecule is C[C@H](NC(=O)C12C[C@@H]3C[C@@H](C1)CC(c1ccc([N+](=O)[O-])cc1)(C3)C2)[C@@H]1C[C@@H]2CC[C@@H]1C2. The summed E-state index contributed by atoms with van der Waals surface area (Å²) in [6.45, 7) is 2.25. The summed E-state index contributed by atoms with van der Waals surface area (Å²) in [5, 5.41) is 14.6. The second kappa shape index (κ2) is 6.79. The molecule has 166 valence electrons. The molecule has 6 aliphatic rings. The highest BCUT2D eigenvalue weighted by Gasteiger charge is 2.61. The Morgan fingerprint density at radius 3 is 2.32 bits per heavy atom. The molecule has 0 radical (unpaired) electrons. The van der Waals surface area contributed by atoms with Crippen LogP contribution in [-0.4, -0.2) is 16.9 Å². The zero-order chi connectivity index (χ0) is 21.4. The van der Waals surface area contributed by atoms with Gasteiger partial charge in [0.15, 0.2) is 0 Å². The van der Waals surface area contributed by atoms with Gasteiger partial charge in [0, 0.05) is 18.2 Å². The fourth-order valence-corrected chi connectivity index (χ4v) is 9.18. The number of hydrogen-bond donors (Lipinski definition) is 1. The lowest BCUT2D eigenvalue weighted by Gasteiger charge is -2.61. The number of carbonyl (C=O) groups is 1. The standard InChI is InChI=1S/C26H34N2O3/c1-16(23-10-17-2-3-20(23)9-17)27-24(29)26-13-18-8-19(14-26)12-25(11-18,15-26)21-4-6-22(7-5-21)28(30)31/h4-7,16-20,23H,2-3,8-15H2,1H3,(H,27,29)/t16-,17+,18+,19+,20+,23-,25?,26?/m0/s1. The maximum atomic E-state index is 13.8. The van der Waals surface area contributed by atoms with Gasteiger partial charge >= 0.3 is 0 Å². The molecule has 0 aromatic heterocycles. The molecule has 6 atom stereocenters. The first-order chi connectivity index (χ1) is 14.9. The molecule has 0 spiro atoms. The van der Waals surface area contributed by atoms with E-state index in [1.807, 2.05) is 12.1 Å². The van der Waals surface area contributed by atoms with Crippen LogP contribution in [-0.2, 0) is 10.2 Å². The van der Waals surface area contributed by atoms with Crippen molar-refractivity contribution in [2.24, 2.45) is 35.0 Å². The van der Waals surface area contributed by atoms with Gasteiger partial charge in [-0.05, 0) is 105 Å². The molecule has 0 unspecified atom stereocenters. The number of nitro groups is 1. The fourth-order valence-electron chi connectivity index (χ4n) is 9.18. The van der Waals surface area contributed by atoms with Gasteiger partial charge in [0.25, 0.3) is 5.69 Å². The monoisotopic (exact) mass is 422 g/mol. The summed E-state index contributed by atoms with van der Waals surface area (Å²) in [5.41, 5.74) is 1.15. The Bertz CT molecular complexity index is 896. The number of non-ortho nitro benzene ring substituents is 1. The maximum absolute atomic E-state index is 13.8. The summed E-state index contributed by atoms with van der Waals surface area (Å²) < 4.78 is 0. The molecule has 6 bridgehead atoms. The zero-order valence-corrected chi connectivity index (χ0v) is 18.5.